The molecule has 0 aromatic rings. The van der Waals surface area contributed by atoms with Crippen LogP contribution < -0.4 is 5.73 Å². The van der Waals surface area contributed by atoms with Crippen LogP contribution in [-0.4, -0.2) is 36.6 Å². The molecule has 0 spiro atoms. The third-order valence-corrected chi connectivity index (χ3v) is 1.50. The van der Waals surface area contributed by atoms with Crippen molar-refractivity contribution >= 4 is 5.91 Å². The summed E-state index contributed by atoms with van der Waals surface area (Å²) in [5.41, 5.74) is 5.20. The van der Waals surface area contributed by atoms with Gasteiger partial charge in [0.15, 0.2) is 0 Å². The third kappa shape index (κ3) is 5.46. The number of hydrogen-bond donors (Lipinski definition) is 1. The van der Waals surface area contributed by atoms with E-state index < -0.39 is 24.5 Å². The zero-order valence-corrected chi connectivity index (χ0v) is 7.56. The van der Waals surface area contributed by atoms with Crippen LogP contribution in [0.2, 0.25) is 0 Å². The molecule has 0 heterocycles. The molecule has 0 bridgehead atoms. The van der Waals surface area contributed by atoms with Crippen molar-refractivity contribution in [3.05, 3.63) is 0 Å². The van der Waals surface area contributed by atoms with Crippen molar-refractivity contribution in [2.24, 2.45) is 5.73 Å². The number of amides is 1. The van der Waals surface area contributed by atoms with Crippen LogP contribution in [-0.2, 0) is 4.79 Å². The highest BCUT2D eigenvalue weighted by Crippen LogP contribution is 2.19. The number of halogens is 3. The van der Waals surface area contributed by atoms with Crippen LogP contribution in [0, 0.1) is 0 Å². The Balaban J connectivity index is 3.88. The molecule has 0 aliphatic heterocycles. The second-order valence-corrected chi connectivity index (χ2v) is 2.91. The summed E-state index contributed by atoms with van der Waals surface area (Å²) in [6.07, 6.45) is -5.23. The van der Waals surface area contributed by atoms with Crippen molar-refractivity contribution in [3.8, 4) is 0 Å². The molecule has 0 fully saturated rings. The zero-order valence-electron chi connectivity index (χ0n) is 7.56. The molecule has 0 aliphatic carbocycles. The van der Waals surface area contributed by atoms with Gasteiger partial charge in [-0.2, -0.15) is 13.2 Å². The van der Waals surface area contributed by atoms with Crippen LogP contribution in [0.3, 0.4) is 0 Å². The summed E-state index contributed by atoms with van der Waals surface area (Å²) >= 11 is 0. The van der Waals surface area contributed by atoms with Gasteiger partial charge in [0.05, 0.1) is 12.5 Å². The highest BCUT2D eigenvalue weighted by atomic mass is 19.4. The van der Waals surface area contributed by atoms with Gasteiger partial charge < -0.3 is 10.6 Å². The predicted molar refractivity (Wildman–Crippen MR) is 42.0 cm³/mol. The summed E-state index contributed by atoms with van der Waals surface area (Å²) in [6, 6.07) is -0.752. The molecule has 0 rings (SSSR count). The largest absolute Gasteiger partial charge is 0.390 e. The van der Waals surface area contributed by atoms with Gasteiger partial charge in [-0.3, -0.25) is 4.79 Å². The number of nitrogens with two attached hydrogens (primary N) is 1. The standard InChI is InChI=1S/C7H13F3N2O/c1-5(11)6(13)12(2)4-3-7(8,9)10/h5H,3-4,11H2,1-2H3. The highest BCUT2D eigenvalue weighted by Gasteiger charge is 2.28. The lowest BCUT2D eigenvalue weighted by atomic mass is 10.3. The zero-order chi connectivity index (χ0) is 10.6. The van der Waals surface area contributed by atoms with Crippen molar-refractivity contribution in [1.29, 1.82) is 0 Å². The van der Waals surface area contributed by atoms with Gasteiger partial charge in [0, 0.05) is 13.6 Å². The predicted octanol–water partition coefficient (Wildman–Crippen LogP) is 0.744. The van der Waals surface area contributed by atoms with Gasteiger partial charge in [-0.15, -0.1) is 0 Å². The van der Waals surface area contributed by atoms with E-state index in [9.17, 15) is 18.0 Å². The highest BCUT2D eigenvalue weighted by molar-refractivity contribution is 5.80. The molecule has 1 amide bonds. The van der Waals surface area contributed by atoms with E-state index in [0.29, 0.717) is 0 Å². The summed E-state index contributed by atoms with van der Waals surface area (Å²) < 4.78 is 35.1. The quantitative estimate of drug-likeness (QED) is 0.727. The van der Waals surface area contributed by atoms with Crippen LogP contribution in [0.5, 0.6) is 0 Å². The first-order valence-electron chi connectivity index (χ1n) is 3.81. The average Bonchev–Trinajstić information content (AvgIpc) is 1.97. The molecule has 0 aromatic carbocycles. The Morgan fingerprint density at radius 3 is 2.31 bits per heavy atom. The van der Waals surface area contributed by atoms with Gasteiger partial charge in [0.2, 0.25) is 5.91 Å². The molecular formula is C7H13F3N2O. The Morgan fingerprint density at radius 1 is 1.54 bits per heavy atom. The first kappa shape index (κ1) is 12.2. The first-order valence-corrected chi connectivity index (χ1v) is 3.81. The van der Waals surface area contributed by atoms with Gasteiger partial charge in [0.25, 0.3) is 0 Å². The Kier molecular flexibility index (Phi) is 4.19. The van der Waals surface area contributed by atoms with Crippen molar-refractivity contribution in [1.82, 2.24) is 4.90 Å². The fourth-order valence-corrected chi connectivity index (χ4v) is 0.752. The molecule has 0 aliphatic rings. The van der Waals surface area contributed by atoms with Crippen molar-refractivity contribution < 1.29 is 18.0 Å². The van der Waals surface area contributed by atoms with Gasteiger partial charge in [0.1, 0.15) is 0 Å². The minimum Gasteiger partial charge on any atom is -0.344 e. The summed E-state index contributed by atoms with van der Waals surface area (Å²) in [5.74, 6) is -0.482. The minimum atomic E-state index is -4.23. The Morgan fingerprint density at radius 2 is 2.00 bits per heavy atom. The SMILES string of the molecule is CC(N)C(=O)N(C)CCC(F)(F)F. The number of carbonyl (C=O) groups is 1. The maximum Gasteiger partial charge on any atom is 0.390 e. The summed E-state index contributed by atoms with van der Waals surface area (Å²) in [7, 11) is 1.30. The van der Waals surface area contributed by atoms with E-state index >= 15 is 0 Å². The number of nitrogens with zero attached hydrogens (tertiary/aromatic N) is 1. The van der Waals surface area contributed by atoms with Gasteiger partial charge in [-0.1, -0.05) is 0 Å². The Bertz CT molecular complexity index is 179. The van der Waals surface area contributed by atoms with Crippen molar-refractivity contribution in [2.75, 3.05) is 13.6 Å². The van der Waals surface area contributed by atoms with E-state index in [4.69, 9.17) is 5.73 Å². The van der Waals surface area contributed by atoms with Crippen LogP contribution in [0.15, 0.2) is 0 Å². The molecule has 1 atom stereocenters. The molecule has 6 heteroatoms. The topological polar surface area (TPSA) is 46.3 Å². The summed E-state index contributed by atoms with van der Waals surface area (Å²) in [4.78, 5) is 12.0. The monoisotopic (exact) mass is 198 g/mol. The number of rotatable bonds is 3. The molecule has 78 valence electrons. The normalized spacial score (nSPS) is 14.0. The van der Waals surface area contributed by atoms with Crippen LogP contribution in [0.1, 0.15) is 13.3 Å². The smallest absolute Gasteiger partial charge is 0.344 e. The number of alkyl halides is 3. The molecule has 0 aromatic heterocycles. The van der Waals surface area contributed by atoms with E-state index in [1.54, 1.807) is 0 Å². The van der Waals surface area contributed by atoms with E-state index in [1.165, 1.54) is 14.0 Å². The molecule has 0 saturated heterocycles. The van der Waals surface area contributed by atoms with Crippen molar-refractivity contribution in [3.63, 3.8) is 0 Å². The maximum absolute atomic E-state index is 11.7. The van der Waals surface area contributed by atoms with E-state index in [1.807, 2.05) is 0 Å². The summed E-state index contributed by atoms with van der Waals surface area (Å²) in [5, 5.41) is 0. The van der Waals surface area contributed by atoms with E-state index in [2.05, 4.69) is 0 Å². The van der Waals surface area contributed by atoms with Gasteiger partial charge >= 0.3 is 6.18 Å². The lowest BCUT2D eigenvalue weighted by Gasteiger charge is -2.19. The molecule has 2 N–H and O–H groups in total. The number of carbonyl (C=O) groups excluding carboxylic acids is 1. The van der Waals surface area contributed by atoms with Crippen molar-refractivity contribution in [2.45, 2.75) is 25.6 Å². The summed E-state index contributed by atoms with van der Waals surface area (Å²) in [6.45, 7) is 1.09. The van der Waals surface area contributed by atoms with Crippen LogP contribution in [0.25, 0.3) is 0 Å². The van der Waals surface area contributed by atoms with Crippen LogP contribution in [0.4, 0.5) is 13.2 Å². The Hall–Kier alpha value is -0.780. The molecule has 0 radical (unpaired) electrons. The number of likely N-dealkylation sites (N-methyl/N-ethyl adjacent to an activating group) is 1. The molecule has 3 nitrogen and oxygen atoms in total. The third-order valence-electron chi connectivity index (χ3n) is 1.50. The molecule has 13 heavy (non-hydrogen) atoms. The molecule has 0 saturated carbocycles. The lowest BCUT2D eigenvalue weighted by molar-refractivity contribution is -0.144. The second-order valence-electron chi connectivity index (χ2n) is 2.91. The maximum atomic E-state index is 11.7. The first-order chi connectivity index (χ1) is 5.74. The minimum absolute atomic E-state index is 0.343. The molecular weight excluding hydrogens is 185 g/mol. The van der Waals surface area contributed by atoms with Gasteiger partial charge in [-0.05, 0) is 6.92 Å². The fraction of sp³-hybridized carbons (Fsp3) is 0.857. The van der Waals surface area contributed by atoms with E-state index in [-0.39, 0.29) is 6.54 Å². The fourth-order valence-electron chi connectivity index (χ4n) is 0.752. The van der Waals surface area contributed by atoms with E-state index in [0.717, 1.165) is 4.90 Å². The Labute approximate surface area is 74.7 Å². The number of hydrogen-bond acceptors (Lipinski definition) is 2. The van der Waals surface area contributed by atoms with Crippen LogP contribution >= 0.6 is 0 Å². The van der Waals surface area contributed by atoms with Gasteiger partial charge in [-0.25, -0.2) is 0 Å². The lowest BCUT2D eigenvalue weighted by Crippen LogP contribution is -2.41. The second kappa shape index (κ2) is 4.45. The molecule has 1 unspecified atom stereocenters. The average molecular weight is 198 g/mol.